The molecule has 0 N–H and O–H groups in total. The monoisotopic (exact) mass is 189 g/mol. The second kappa shape index (κ2) is 5.87. The van der Waals surface area contributed by atoms with Crippen LogP contribution in [0.5, 0.6) is 0 Å². The van der Waals surface area contributed by atoms with Crippen molar-refractivity contribution < 1.29 is 0 Å². The van der Waals surface area contributed by atoms with Gasteiger partial charge in [-0.25, -0.2) is 0 Å². The summed E-state index contributed by atoms with van der Waals surface area (Å²) in [5, 5.41) is 0.648. The van der Waals surface area contributed by atoms with Gasteiger partial charge in [-0.1, -0.05) is 6.92 Å². The minimum absolute atomic E-state index is 0.648. The zero-order chi connectivity index (χ0) is 9.72. The molecule has 0 bridgehead atoms. The Kier molecular flexibility index (Phi) is 6.02. The molecule has 0 saturated carbocycles. The van der Waals surface area contributed by atoms with Gasteiger partial charge in [-0.3, -0.25) is 4.90 Å². The Hall–Kier alpha value is 0.310. The Labute approximate surface area is 81.9 Å². The van der Waals surface area contributed by atoms with Crippen LogP contribution in [0.2, 0.25) is 0 Å². The zero-order valence-corrected chi connectivity index (χ0v) is 10.1. The first-order chi connectivity index (χ1) is 5.50. The van der Waals surface area contributed by atoms with Gasteiger partial charge in [0.1, 0.15) is 0 Å². The first-order valence-electron chi connectivity index (χ1n) is 4.89. The molecule has 0 rings (SSSR count). The van der Waals surface area contributed by atoms with E-state index in [1.807, 2.05) is 11.8 Å². The van der Waals surface area contributed by atoms with E-state index in [1.54, 1.807) is 0 Å². The van der Waals surface area contributed by atoms with Crippen LogP contribution >= 0.6 is 11.8 Å². The summed E-state index contributed by atoms with van der Waals surface area (Å²) in [6.07, 6.45) is 0. The highest BCUT2D eigenvalue weighted by molar-refractivity contribution is 7.99. The fraction of sp³-hybridized carbons (Fsp3) is 1.00. The topological polar surface area (TPSA) is 3.24 Å². The van der Waals surface area contributed by atoms with Crippen molar-refractivity contribution >= 4 is 11.8 Å². The summed E-state index contributed by atoms with van der Waals surface area (Å²) in [5.41, 5.74) is 0. The molecule has 0 spiro atoms. The predicted octanol–water partition coefficient (Wildman–Crippen LogP) is 3.20. The maximum absolute atomic E-state index is 2.55. The molecule has 74 valence electrons. The van der Waals surface area contributed by atoms with Gasteiger partial charge in [-0.2, -0.15) is 0 Å². The van der Waals surface area contributed by atoms with E-state index < -0.39 is 0 Å². The maximum atomic E-state index is 2.55. The van der Waals surface area contributed by atoms with E-state index in [9.17, 15) is 0 Å². The number of rotatable bonds is 5. The first-order valence-corrected chi connectivity index (χ1v) is 5.94. The fourth-order valence-corrected chi connectivity index (χ4v) is 2.90. The molecular weight excluding hydrogens is 166 g/mol. The van der Waals surface area contributed by atoms with E-state index in [0.29, 0.717) is 17.5 Å². The maximum Gasteiger partial charge on any atom is 0.0533 e. The quantitative estimate of drug-likeness (QED) is 0.611. The first kappa shape index (κ1) is 12.3. The lowest BCUT2D eigenvalue weighted by Crippen LogP contribution is -2.42. The Bertz CT molecular complexity index is 104. The molecule has 0 heterocycles. The Morgan fingerprint density at radius 3 is 1.67 bits per heavy atom. The lowest BCUT2D eigenvalue weighted by atomic mass is 10.2. The van der Waals surface area contributed by atoms with E-state index in [2.05, 4.69) is 46.4 Å². The van der Waals surface area contributed by atoms with Crippen LogP contribution in [0.3, 0.4) is 0 Å². The van der Waals surface area contributed by atoms with Crippen molar-refractivity contribution in [1.29, 1.82) is 0 Å². The molecule has 0 aliphatic rings. The third kappa shape index (κ3) is 3.81. The third-order valence-corrected chi connectivity index (χ3v) is 3.08. The Morgan fingerprint density at radius 1 is 1.00 bits per heavy atom. The average Bonchev–Trinajstić information content (AvgIpc) is 1.85. The number of hydrogen-bond donors (Lipinski definition) is 0. The van der Waals surface area contributed by atoms with Crippen molar-refractivity contribution in [3.63, 3.8) is 0 Å². The molecule has 0 aliphatic carbocycles. The normalized spacial score (nSPS) is 14.8. The van der Waals surface area contributed by atoms with E-state index in [0.717, 1.165) is 0 Å². The van der Waals surface area contributed by atoms with E-state index in [1.165, 1.54) is 5.75 Å². The van der Waals surface area contributed by atoms with Gasteiger partial charge in [-0.15, -0.1) is 11.8 Å². The molecule has 1 atom stereocenters. The molecule has 0 aromatic heterocycles. The third-order valence-electron chi connectivity index (χ3n) is 2.02. The number of hydrogen-bond acceptors (Lipinski definition) is 2. The molecule has 0 saturated heterocycles. The zero-order valence-electron chi connectivity index (χ0n) is 9.29. The van der Waals surface area contributed by atoms with Crippen molar-refractivity contribution in [3.8, 4) is 0 Å². The molecule has 0 radical (unpaired) electrons. The van der Waals surface area contributed by atoms with Crippen LogP contribution in [0, 0.1) is 0 Å². The van der Waals surface area contributed by atoms with Gasteiger partial charge in [0.05, 0.1) is 5.37 Å². The highest BCUT2D eigenvalue weighted by atomic mass is 32.2. The standard InChI is InChI=1S/C10H23NS/c1-7-12-10(6)11(8(2)3)9(4)5/h8-10H,7H2,1-6H3. The predicted molar refractivity (Wildman–Crippen MR) is 59.7 cm³/mol. The Morgan fingerprint density at radius 2 is 1.42 bits per heavy atom. The summed E-state index contributed by atoms with van der Waals surface area (Å²) in [5.74, 6) is 1.21. The van der Waals surface area contributed by atoms with Gasteiger partial charge in [0.15, 0.2) is 0 Å². The summed E-state index contributed by atoms with van der Waals surface area (Å²) in [6.45, 7) is 13.6. The van der Waals surface area contributed by atoms with Crippen LogP contribution in [0.4, 0.5) is 0 Å². The second-order valence-electron chi connectivity index (χ2n) is 3.69. The van der Waals surface area contributed by atoms with Crippen LogP contribution in [0.1, 0.15) is 41.5 Å². The van der Waals surface area contributed by atoms with Gasteiger partial charge in [0.2, 0.25) is 0 Å². The SMILES string of the molecule is CCSC(C)N(C(C)C)C(C)C. The molecule has 0 aliphatic heterocycles. The summed E-state index contributed by atoms with van der Waals surface area (Å²) >= 11 is 2.02. The van der Waals surface area contributed by atoms with E-state index in [-0.39, 0.29) is 0 Å². The van der Waals surface area contributed by atoms with E-state index in [4.69, 9.17) is 0 Å². The minimum Gasteiger partial charge on any atom is -0.287 e. The lowest BCUT2D eigenvalue weighted by Gasteiger charge is -2.35. The largest absolute Gasteiger partial charge is 0.287 e. The average molecular weight is 189 g/mol. The number of nitrogens with zero attached hydrogens (tertiary/aromatic N) is 1. The molecule has 0 fully saturated rings. The molecule has 1 nitrogen and oxygen atoms in total. The molecule has 2 heteroatoms. The van der Waals surface area contributed by atoms with Gasteiger partial charge in [0.25, 0.3) is 0 Å². The van der Waals surface area contributed by atoms with Gasteiger partial charge in [0, 0.05) is 12.1 Å². The molecule has 0 aromatic carbocycles. The highest BCUT2D eigenvalue weighted by Crippen LogP contribution is 2.19. The summed E-state index contributed by atoms with van der Waals surface area (Å²) < 4.78 is 0. The fourth-order valence-electron chi connectivity index (χ4n) is 1.76. The van der Waals surface area contributed by atoms with Gasteiger partial charge >= 0.3 is 0 Å². The van der Waals surface area contributed by atoms with Crippen molar-refractivity contribution in [2.24, 2.45) is 0 Å². The smallest absolute Gasteiger partial charge is 0.0533 e. The van der Waals surface area contributed by atoms with Crippen LogP contribution in [0.25, 0.3) is 0 Å². The molecule has 0 amide bonds. The van der Waals surface area contributed by atoms with Gasteiger partial charge in [-0.05, 0) is 40.4 Å². The second-order valence-corrected chi connectivity index (χ2v) is 5.28. The van der Waals surface area contributed by atoms with Crippen LogP contribution in [-0.4, -0.2) is 28.1 Å². The highest BCUT2D eigenvalue weighted by Gasteiger charge is 2.19. The molecule has 0 aromatic rings. The summed E-state index contributed by atoms with van der Waals surface area (Å²) in [7, 11) is 0. The van der Waals surface area contributed by atoms with Gasteiger partial charge < -0.3 is 0 Å². The van der Waals surface area contributed by atoms with E-state index >= 15 is 0 Å². The molecule has 12 heavy (non-hydrogen) atoms. The lowest BCUT2D eigenvalue weighted by molar-refractivity contribution is 0.168. The van der Waals surface area contributed by atoms with Crippen molar-refractivity contribution in [1.82, 2.24) is 4.90 Å². The van der Waals surface area contributed by atoms with Crippen molar-refractivity contribution in [2.75, 3.05) is 5.75 Å². The van der Waals surface area contributed by atoms with Crippen LogP contribution < -0.4 is 0 Å². The summed E-state index contributed by atoms with van der Waals surface area (Å²) in [4.78, 5) is 2.55. The molecular formula is C10H23NS. The number of thioether (sulfide) groups is 1. The minimum atomic E-state index is 0.648. The van der Waals surface area contributed by atoms with Crippen LogP contribution in [0.15, 0.2) is 0 Å². The Balaban J connectivity index is 4.09. The summed E-state index contributed by atoms with van der Waals surface area (Å²) in [6, 6.07) is 1.30. The van der Waals surface area contributed by atoms with Crippen molar-refractivity contribution in [3.05, 3.63) is 0 Å². The van der Waals surface area contributed by atoms with Crippen molar-refractivity contribution in [2.45, 2.75) is 59.0 Å². The molecule has 1 unspecified atom stereocenters. The van der Waals surface area contributed by atoms with Crippen LogP contribution in [-0.2, 0) is 0 Å².